The van der Waals surface area contributed by atoms with E-state index in [9.17, 15) is 4.79 Å². The largest absolute Gasteiger partial charge is 0.495 e. The maximum absolute atomic E-state index is 12.9. The number of ether oxygens (including phenoxy) is 1. The Hall–Kier alpha value is -3.35. The first kappa shape index (κ1) is 21.9. The van der Waals surface area contributed by atoms with Gasteiger partial charge < -0.3 is 24.7 Å². The van der Waals surface area contributed by atoms with Crippen molar-refractivity contribution in [1.29, 1.82) is 0 Å². The molecular weight excluding hydrogens is 402 g/mol. The Labute approximate surface area is 188 Å². The lowest BCUT2D eigenvalue weighted by Crippen LogP contribution is -2.42. The molecule has 2 N–H and O–H groups in total. The highest BCUT2D eigenvalue weighted by atomic mass is 16.5. The Morgan fingerprint density at radius 2 is 1.72 bits per heavy atom. The predicted octanol–water partition coefficient (Wildman–Crippen LogP) is 4.81. The van der Waals surface area contributed by atoms with Crippen molar-refractivity contribution in [1.82, 2.24) is 10.2 Å². The summed E-state index contributed by atoms with van der Waals surface area (Å²) in [5, 5.41) is 8.33. The van der Waals surface area contributed by atoms with E-state index >= 15 is 0 Å². The van der Waals surface area contributed by atoms with Gasteiger partial charge in [-0.15, -0.1) is 0 Å². The minimum Gasteiger partial charge on any atom is -0.495 e. The zero-order valence-corrected chi connectivity index (χ0v) is 18.9. The lowest BCUT2D eigenvalue weighted by atomic mass is 10.1. The zero-order chi connectivity index (χ0) is 22.7. The van der Waals surface area contributed by atoms with E-state index in [1.165, 1.54) is 5.56 Å². The van der Waals surface area contributed by atoms with Crippen molar-refractivity contribution in [2.24, 2.45) is 0 Å². The van der Waals surface area contributed by atoms with Gasteiger partial charge in [-0.2, -0.15) is 0 Å². The maximum atomic E-state index is 12.9. The molecule has 1 heterocycles. The van der Waals surface area contributed by atoms with Gasteiger partial charge in [-0.1, -0.05) is 48.5 Å². The average Bonchev–Trinajstić information content (AvgIpc) is 3.16. The Kier molecular flexibility index (Phi) is 6.44. The number of carbonyl (C=O) groups is 1. The highest BCUT2D eigenvalue weighted by Crippen LogP contribution is 2.36. The molecule has 32 heavy (non-hydrogen) atoms. The van der Waals surface area contributed by atoms with E-state index in [1.807, 2.05) is 75.6 Å². The number of hydrogen-bond acceptors (Lipinski definition) is 5. The molecule has 0 aliphatic rings. The summed E-state index contributed by atoms with van der Waals surface area (Å²) >= 11 is 0. The lowest BCUT2D eigenvalue weighted by molar-refractivity contribution is -0.117. The molecule has 2 atom stereocenters. The number of nitrogens with one attached hydrogen (secondary N) is 2. The molecule has 1 amide bonds. The summed E-state index contributed by atoms with van der Waals surface area (Å²) in [5.74, 6) is 0.462. The Balaban J connectivity index is 1.49. The van der Waals surface area contributed by atoms with Crippen LogP contribution in [0, 0.1) is 0 Å². The molecule has 0 aliphatic heterocycles. The third-order valence-electron chi connectivity index (χ3n) is 5.78. The molecule has 0 unspecified atom stereocenters. The number of hydrogen-bond donors (Lipinski definition) is 2. The topological polar surface area (TPSA) is 66.7 Å². The van der Waals surface area contributed by atoms with Crippen LogP contribution in [0.2, 0.25) is 0 Å². The highest BCUT2D eigenvalue weighted by Gasteiger charge is 2.20. The monoisotopic (exact) mass is 431 g/mol. The second-order valence-corrected chi connectivity index (χ2v) is 8.16. The van der Waals surface area contributed by atoms with Gasteiger partial charge in [0.15, 0.2) is 0 Å². The van der Waals surface area contributed by atoms with Crippen LogP contribution in [0.1, 0.15) is 18.5 Å². The molecule has 0 radical (unpaired) electrons. The molecule has 0 fully saturated rings. The number of para-hydroxylation sites is 1. The number of fused-ring (bicyclic) bond motifs is 3. The van der Waals surface area contributed by atoms with Crippen LogP contribution in [0.25, 0.3) is 21.9 Å². The van der Waals surface area contributed by atoms with Gasteiger partial charge in [0.25, 0.3) is 0 Å². The van der Waals surface area contributed by atoms with Crippen LogP contribution < -0.4 is 15.4 Å². The lowest BCUT2D eigenvalue weighted by Gasteiger charge is -2.26. The van der Waals surface area contributed by atoms with E-state index in [1.54, 1.807) is 7.11 Å². The Morgan fingerprint density at radius 3 is 2.44 bits per heavy atom. The molecule has 4 rings (SSSR count). The van der Waals surface area contributed by atoms with Crippen LogP contribution in [-0.2, 0) is 4.79 Å². The zero-order valence-electron chi connectivity index (χ0n) is 18.9. The number of rotatable bonds is 8. The van der Waals surface area contributed by atoms with Gasteiger partial charge in [0, 0.05) is 29.4 Å². The normalized spacial score (nSPS) is 13.4. The molecule has 4 aromatic rings. The fourth-order valence-corrected chi connectivity index (χ4v) is 3.91. The minimum absolute atomic E-state index is 0.135. The van der Waals surface area contributed by atoms with Crippen LogP contribution in [0.4, 0.5) is 5.69 Å². The fourth-order valence-electron chi connectivity index (χ4n) is 3.91. The average molecular weight is 432 g/mol. The number of likely N-dealkylation sites (N-methyl/N-ethyl adjacent to an activating group) is 1. The molecule has 6 nitrogen and oxygen atoms in total. The van der Waals surface area contributed by atoms with Gasteiger partial charge in [0.05, 0.1) is 18.8 Å². The van der Waals surface area contributed by atoms with Gasteiger partial charge in [0.1, 0.15) is 16.9 Å². The van der Waals surface area contributed by atoms with Crippen molar-refractivity contribution in [3.8, 4) is 5.75 Å². The number of anilines is 1. The van der Waals surface area contributed by atoms with Crippen LogP contribution in [-0.4, -0.2) is 44.6 Å². The fraction of sp³-hybridized carbons (Fsp3) is 0.269. The molecule has 0 saturated carbocycles. The first-order chi connectivity index (χ1) is 15.5. The highest BCUT2D eigenvalue weighted by molar-refractivity contribution is 6.08. The maximum Gasteiger partial charge on any atom is 0.241 e. The number of nitrogens with zero attached hydrogens (tertiary/aromatic N) is 1. The summed E-state index contributed by atoms with van der Waals surface area (Å²) in [6.45, 7) is 2.50. The number of amides is 1. The van der Waals surface area contributed by atoms with E-state index in [2.05, 4.69) is 27.7 Å². The molecule has 0 bridgehead atoms. The van der Waals surface area contributed by atoms with Crippen molar-refractivity contribution in [3.63, 3.8) is 0 Å². The molecule has 1 aromatic heterocycles. The first-order valence-corrected chi connectivity index (χ1v) is 10.7. The van der Waals surface area contributed by atoms with E-state index in [0.29, 0.717) is 23.6 Å². The van der Waals surface area contributed by atoms with Crippen molar-refractivity contribution >= 4 is 33.5 Å². The first-order valence-electron chi connectivity index (χ1n) is 10.7. The molecule has 6 heteroatoms. The van der Waals surface area contributed by atoms with E-state index in [-0.39, 0.29) is 11.9 Å². The third-order valence-corrected chi connectivity index (χ3v) is 5.78. The summed E-state index contributed by atoms with van der Waals surface area (Å²) in [5.41, 5.74) is 3.30. The molecule has 3 aromatic carbocycles. The van der Waals surface area contributed by atoms with E-state index in [4.69, 9.17) is 9.15 Å². The van der Waals surface area contributed by atoms with Crippen molar-refractivity contribution in [3.05, 3.63) is 72.3 Å². The summed E-state index contributed by atoms with van der Waals surface area (Å²) in [4.78, 5) is 15.1. The summed E-state index contributed by atoms with van der Waals surface area (Å²) < 4.78 is 11.5. The SMILES string of the molecule is COc1cc2c(cc1NC(=O)[C@H](C)NC[C@H](c1ccccc1)N(C)C)oc1ccccc12. The van der Waals surface area contributed by atoms with Gasteiger partial charge in [0.2, 0.25) is 5.91 Å². The van der Waals surface area contributed by atoms with Crippen LogP contribution >= 0.6 is 0 Å². The standard InChI is InChI=1S/C26H29N3O3/c1-17(27-16-22(29(2)3)18-10-6-5-7-11-18)26(30)28-21-15-24-20(14-25(21)31-4)19-12-8-9-13-23(19)32-24/h5-15,17,22,27H,16H2,1-4H3,(H,28,30)/t17-,22+/m0/s1. The van der Waals surface area contributed by atoms with E-state index < -0.39 is 6.04 Å². The summed E-state index contributed by atoms with van der Waals surface area (Å²) in [6, 6.07) is 21.6. The van der Waals surface area contributed by atoms with Crippen LogP contribution in [0.3, 0.4) is 0 Å². The second kappa shape index (κ2) is 9.42. The Bertz CT molecular complexity index is 1220. The van der Waals surface area contributed by atoms with Crippen molar-refractivity contribution in [2.45, 2.75) is 19.0 Å². The smallest absolute Gasteiger partial charge is 0.241 e. The summed E-state index contributed by atoms with van der Waals surface area (Å²) in [6.07, 6.45) is 0. The van der Waals surface area contributed by atoms with Gasteiger partial charge >= 0.3 is 0 Å². The predicted molar refractivity (Wildman–Crippen MR) is 129 cm³/mol. The molecule has 166 valence electrons. The summed E-state index contributed by atoms with van der Waals surface area (Å²) in [7, 11) is 5.68. The van der Waals surface area contributed by atoms with Crippen LogP contribution in [0.5, 0.6) is 5.75 Å². The quantitative estimate of drug-likeness (QED) is 0.419. The van der Waals surface area contributed by atoms with Crippen molar-refractivity contribution in [2.75, 3.05) is 33.1 Å². The number of methoxy groups -OCH3 is 1. The van der Waals surface area contributed by atoms with Gasteiger partial charge in [-0.25, -0.2) is 0 Å². The third kappa shape index (κ3) is 4.47. The molecule has 0 saturated heterocycles. The van der Waals surface area contributed by atoms with Crippen LogP contribution in [0.15, 0.2) is 71.1 Å². The number of furan rings is 1. The number of carbonyl (C=O) groups excluding carboxylic acids is 1. The van der Waals surface area contributed by atoms with Crippen molar-refractivity contribution < 1.29 is 13.9 Å². The molecular formula is C26H29N3O3. The number of benzene rings is 3. The van der Waals surface area contributed by atoms with Gasteiger partial charge in [-0.3, -0.25) is 4.79 Å². The Morgan fingerprint density at radius 1 is 1.00 bits per heavy atom. The van der Waals surface area contributed by atoms with E-state index in [0.717, 1.165) is 16.4 Å². The molecule has 0 spiro atoms. The molecule has 0 aliphatic carbocycles. The minimum atomic E-state index is -0.391. The van der Waals surface area contributed by atoms with Gasteiger partial charge in [-0.05, 0) is 38.7 Å². The second-order valence-electron chi connectivity index (χ2n) is 8.16.